The molecule has 6 N–H and O–H groups in total. The van der Waals surface area contributed by atoms with Gasteiger partial charge in [0.1, 0.15) is 24.4 Å². The topological polar surface area (TPSA) is 175 Å². The van der Waals surface area contributed by atoms with Crippen LogP contribution >= 0.6 is 0 Å². The second kappa shape index (κ2) is 48.8. The molecule has 414 valence electrons. The lowest BCUT2D eigenvalue weighted by Gasteiger charge is -2.41. The molecule has 0 bridgehead atoms. The SMILES string of the molecule is CC/C=C\C/C=C\C/C=C\C/C=C\C/C=C\CCC(O)C(=O)NC(COC1OC(CO)C(O)C(O)C1OC(=O)CCCCCCCCC/C=C\CCCCCC)C(O)/C=C/CCCCCCCCCCCC. The first-order valence-electron chi connectivity index (χ1n) is 28.9. The van der Waals surface area contributed by atoms with E-state index in [2.05, 4.69) is 86.8 Å². The van der Waals surface area contributed by atoms with Crippen molar-refractivity contribution in [1.82, 2.24) is 5.32 Å². The number of unbranched alkanes of at least 4 members (excludes halogenated alkanes) is 21. The van der Waals surface area contributed by atoms with Crippen LogP contribution < -0.4 is 5.32 Å². The smallest absolute Gasteiger partial charge is 0.306 e. The van der Waals surface area contributed by atoms with Crippen LogP contribution in [0.3, 0.4) is 0 Å². The molecule has 1 fully saturated rings. The standard InChI is InChI=1S/C61H105NO10/c1-4-7-10-13-16-19-22-25-27-29-30-33-36-39-42-45-48-54(65)60(69)62-52(53(64)47-44-41-38-35-32-24-21-18-15-12-9-6-3)51-70-61-59(58(68)57(67)55(50-63)71-61)72-56(66)49-46-43-40-37-34-31-28-26-23-20-17-14-11-8-5-2/h7,10,16,19-20,23,25,27,30,33,39,42,44,47,52-55,57-59,61,63-65,67-68H,4-6,8-9,11-15,17-18,21-22,24,26,28-29,31-32,34-38,40-41,43,45-46,48-51H2,1-3H3,(H,62,69)/b10-7-,19-16-,23-20-,27-25-,33-30-,42-39-,47-44+. The van der Waals surface area contributed by atoms with Crippen LogP contribution in [0.1, 0.15) is 226 Å². The average Bonchev–Trinajstić information content (AvgIpc) is 3.38. The zero-order valence-electron chi connectivity index (χ0n) is 45.5. The van der Waals surface area contributed by atoms with Gasteiger partial charge >= 0.3 is 5.97 Å². The Labute approximate surface area is 438 Å². The Bertz CT molecular complexity index is 1490. The zero-order valence-corrected chi connectivity index (χ0v) is 45.5. The minimum Gasteiger partial charge on any atom is -0.454 e. The molecule has 0 spiro atoms. The highest BCUT2D eigenvalue weighted by atomic mass is 16.7. The minimum atomic E-state index is -1.63. The van der Waals surface area contributed by atoms with Crippen molar-refractivity contribution in [2.45, 2.75) is 275 Å². The van der Waals surface area contributed by atoms with Crippen LogP contribution in [0.25, 0.3) is 0 Å². The first kappa shape index (κ1) is 66.9. The summed E-state index contributed by atoms with van der Waals surface area (Å²) in [6.07, 6.45) is 52.0. The Morgan fingerprint density at radius 3 is 1.51 bits per heavy atom. The highest BCUT2D eigenvalue weighted by Crippen LogP contribution is 2.26. The largest absolute Gasteiger partial charge is 0.454 e. The molecule has 1 amide bonds. The number of aliphatic hydroxyl groups excluding tert-OH is 5. The fourth-order valence-electron chi connectivity index (χ4n) is 8.44. The molecule has 0 aromatic heterocycles. The number of amides is 1. The van der Waals surface area contributed by atoms with Gasteiger partial charge in [-0.15, -0.1) is 0 Å². The van der Waals surface area contributed by atoms with E-state index in [1.807, 2.05) is 18.2 Å². The van der Waals surface area contributed by atoms with E-state index < -0.39 is 67.4 Å². The third-order valence-corrected chi connectivity index (χ3v) is 13.0. The molecule has 11 heteroatoms. The molecule has 1 aliphatic heterocycles. The maximum absolute atomic E-state index is 13.4. The Balaban J connectivity index is 2.78. The van der Waals surface area contributed by atoms with Gasteiger partial charge in [0.2, 0.25) is 5.91 Å². The van der Waals surface area contributed by atoms with E-state index in [0.717, 1.165) is 89.9 Å². The zero-order chi connectivity index (χ0) is 52.5. The molecule has 1 aliphatic rings. The second-order valence-corrected chi connectivity index (χ2v) is 19.6. The number of ether oxygens (including phenoxy) is 3. The van der Waals surface area contributed by atoms with Crippen molar-refractivity contribution >= 4 is 11.9 Å². The van der Waals surface area contributed by atoms with Gasteiger partial charge in [-0.2, -0.15) is 0 Å². The van der Waals surface area contributed by atoms with Crippen molar-refractivity contribution in [3.63, 3.8) is 0 Å². The van der Waals surface area contributed by atoms with E-state index in [-0.39, 0.29) is 19.4 Å². The third kappa shape index (κ3) is 36.7. The molecule has 1 rings (SSSR count). The fourth-order valence-corrected chi connectivity index (χ4v) is 8.44. The van der Waals surface area contributed by atoms with Crippen molar-refractivity contribution in [2.24, 2.45) is 0 Å². The van der Waals surface area contributed by atoms with Crippen molar-refractivity contribution in [3.8, 4) is 0 Å². The number of carbonyl (C=O) groups is 2. The summed E-state index contributed by atoms with van der Waals surface area (Å²) in [5.74, 6) is -1.27. The summed E-state index contributed by atoms with van der Waals surface area (Å²) in [5.41, 5.74) is 0. The van der Waals surface area contributed by atoms with Gasteiger partial charge in [-0.05, 0) is 89.9 Å². The Morgan fingerprint density at radius 2 is 1.00 bits per heavy atom. The van der Waals surface area contributed by atoms with Crippen molar-refractivity contribution in [2.75, 3.05) is 13.2 Å². The molecule has 8 unspecified atom stereocenters. The van der Waals surface area contributed by atoms with Crippen LogP contribution in [-0.2, 0) is 23.8 Å². The summed E-state index contributed by atoms with van der Waals surface area (Å²) in [5, 5.41) is 56.7. The normalized spacial score (nSPS) is 20.1. The summed E-state index contributed by atoms with van der Waals surface area (Å²) < 4.78 is 17.5. The monoisotopic (exact) mass is 1010 g/mol. The minimum absolute atomic E-state index is 0.108. The molecule has 0 radical (unpaired) electrons. The third-order valence-electron chi connectivity index (χ3n) is 13.0. The predicted octanol–water partition coefficient (Wildman–Crippen LogP) is 13.0. The van der Waals surface area contributed by atoms with Crippen LogP contribution in [-0.4, -0.2) is 99.6 Å². The second-order valence-electron chi connectivity index (χ2n) is 19.6. The first-order valence-corrected chi connectivity index (χ1v) is 28.9. The van der Waals surface area contributed by atoms with Gasteiger partial charge < -0.3 is 45.1 Å². The first-order chi connectivity index (χ1) is 35.2. The molecule has 72 heavy (non-hydrogen) atoms. The summed E-state index contributed by atoms with van der Waals surface area (Å²) in [6.45, 7) is 5.60. The van der Waals surface area contributed by atoms with Crippen LogP contribution in [0, 0.1) is 0 Å². The van der Waals surface area contributed by atoms with Crippen LogP contribution in [0.4, 0.5) is 0 Å². The van der Waals surface area contributed by atoms with Gasteiger partial charge in [-0.1, -0.05) is 215 Å². The van der Waals surface area contributed by atoms with Crippen LogP contribution in [0.2, 0.25) is 0 Å². The molecule has 8 atom stereocenters. The Hall–Kier alpha value is -3.16. The highest BCUT2D eigenvalue weighted by molar-refractivity contribution is 5.80. The Morgan fingerprint density at radius 1 is 0.556 bits per heavy atom. The van der Waals surface area contributed by atoms with Gasteiger partial charge in [0.25, 0.3) is 0 Å². The van der Waals surface area contributed by atoms with E-state index in [0.29, 0.717) is 12.8 Å². The molecule has 11 nitrogen and oxygen atoms in total. The predicted molar refractivity (Wildman–Crippen MR) is 296 cm³/mol. The number of aliphatic hydroxyl groups is 5. The quantitative estimate of drug-likeness (QED) is 0.0196. The molecule has 0 aromatic rings. The molecular formula is C61H105NO10. The molecular weight excluding hydrogens is 907 g/mol. The molecule has 0 aromatic carbocycles. The molecule has 1 heterocycles. The molecule has 0 saturated carbocycles. The van der Waals surface area contributed by atoms with Crippen molar-refractivity contribution in [1.29, 1.82) is 0 Å². The van der Waals surface area contributed by atoms with E-state index in [9.17, 15) is 35.1 Å². The number of esters is 1. The maximum Gasteiger partial charge on any atom is 0.306 e. The van der Waals surface area contributed by atoms with Gasteiger partial charge in [0, 0.05) is 6.42 Å². The average molecular weight is 1010 g/mol. The van der Waals surface area contributed by atoms with Gasteiger partial charge in [-0.3, -0.25) is 9.59 Å². The van der Waals surface area contributed by atoms with Gasteiger partial charge in [0.15, 0.2) is 12.4 Å². The maximum atomic E-state index is 13.4. The summed E-state index contributed by atoms with van der Waals surface area (Å²) in [7, 11) is 0. The highest BCUT2D eigenvalue weighted by Gasteiger charge is 2.47. The van der Waals surface area contributed by atoms with Crippen LogP contribution in [0.5, 0.6) is 0 Å². The summed E-state index contributed by atoms with van der Waals surface area (Å²) in [4.78, 5) is 26.4. The number of hydrogen-bond donors (Lipinski definition) is 6. The molecule has 0 aliphatic carbocycles. The lowest BCUT2D eigenvalue weighted by atomic mass is 9.99. The fraction of sp³-hybridized carbons (Fsp3) is 0.738. The van der Waals surface area contributed by atoms with Crippen molar-refractivity contribution in [3.05, 3.63) is 85.1 Å². The lowest BCUT2D eigenvalue weighted by Crippen LogP contribution is -2.61. The summed E-state index contributed by atoms with van der Waals surface area (Å²) >= 11 is 0. The van der Waals surface area contributed by atoms with Gasteiger partial charge in [0.05, 0.1) is 25.4 Å². The van der Waals surface area contributed by atoms with Crippen LogP contribution in [0.15, 0.2) is 85.1 Å². The number of hydrogen-bond acceptors (Lipinski definition) is 10. The number of nitrogens with one attached hydrogen (secondary N) is 1. The number of carbonyl (C=O) groups excluding carboxylic acids is 2. The van der Waals surface area contributed by atoms with E-state index in [1.165, 1.54) is 89.9 Å². The van der Waals surface area contributed by atoms with Crippen molar-refractivity contribution < 1.29 is 49.3 Å². The number of allylic oxidation sites excluding steroid dienone is 13. The lowest BCUT2D eigenvalue weighted by molar-refractivity contribution is -0.305. The van der Waals surface area contributed by atoms with Gasteiger partial charge in [-0.25, -0.2) is 0 Å². The van der Waals surface area contributed by atoms with E-state index >= 15 is 0 Å². The summed E-state index contributed by atoms with van der Waals surface area (Å²) in [6, 6.07) is -1.06. The Kier molecular flexibility index (Phi) is 45.3. The van der Waals surface area contributed by atoms with E-state index in [4.69, 9.17) is 14.2 Å². The van der Waals surface area contributed by atoms with E-state index in [1.54, 1.807) is 6.08 Å². The molecule has 1 saturated heterocycles. The number of rotatable bonds is 47.